The second-order valence-electron chi connectivity index (χ2n) is 5.23. The fraction of sp³-hybridized carbons (Fsp3) is 0.312. The molecule has 1 atom stereocenters. The third-order valence-corrected chi connectivity index (χ3v) is 3.67. The molecular formula is C16H17N3O3. The number of hydrogen-bond donors (Lipinski definition) is 2. The van der Waals surface area contributed by atoms with Gasteiger partial charge in [0.05, 0.1) is 6.10 Å². The van der Waals surface area contributed by atoms with E-state index in [4.69, 9.17) is 4.74 Å². The number of carbonyl (C=O) groups excluding carboxylic acids is 1. The molecule has 1 aromatic carbocycles. The summed E-state index contributed by atoms with van der Waals surface area (Å²) in [5, 5.41) is 2.88. The van der Waals surface area contributed by atoms with Crippen LogP contribution in [0.25, 0.3) is 11.1 Å². The summed E-state index contributed by atoms with van der Waals surface area (Å²) in [5.74, 6) is -0.110. The van der Waals surface area contributed by atoms with Gasteiger partial charge in [-0.25, -0.2) is 9.78 Å². The van der Waals surface area contributed by atoms with E-state index in [9.17, 15) is 9.59 Å². The normalized spacial score (nSPS) is 17.4. The molecule has 1 amide bonds. The van der Waals surface area contributed by atoms with E-state index >= 15 is 0 Å². The fourth-order valence-corrected chi connectivity index (χ4v) is 2.43. The summed E-state index contributed by atoms with van der Waals surface area (Å²) in [6.07, 6.45) is 5.30. The first-order valence-corrected chi connectivity index (χ1v) is 7.27. The summed E-state index contributed by atoms with van der Waals surface area (Å²) in [6, 6.07) is 7.17. The number of benzene rings is 1. The number of carbonyl (C=O) groups is 1. The van der Waals surface area contributed by atoms with Crippen molar-refractivity contribution in [1.82, 2.24) is 15.3 Å². The van der Waals surface area contributed by atoms with Crippen LogP contribution < -0.4 is 11.0 Å². The Kier molecular flexibility index (Phi) is 4.29. The molecule has 0 bridgehead atoms. The van der Waals surface area contributed by atoms with Crippen molar-refractivity contribution in [3.63, 3.8) is 0 Å². The Hall–Kier alpha value is -2.47. The summed E-state index contributed by atoms with van der Waals surface area (Å²) in [4.78, 5) is 29.2. The number of H-pyrrole nitrogens is 1. The minimum atomic E-state index is -0.381. The summed E-state index contributed by atoms with van der Waals surface area (Å²) in [7, 11) is 0. The van der Waals surface area contributed by atoms with Gasteiger partial charge < -0.3 is 15.0 Å². The molecule has 0 aliphatic carbocycles. The third-order valence-electron chi connectivity index (χ3n) is 3.67. The van der Waals surface area contributed by atoms with Crippen molar-refractivity contribution in [3.05, 3.63) is 52.7 Å². The van der Waals surface area contributed by atoms with Gasteiger partial charge in [0.15, 0.2) is 0 Å². The van der Waals surface area contributed by atoms with Crippen molar-refractivity contribution >= 4 is 5.91 Å². The van der Waals surface area contributed by atoms with Gasteiger partial charge in [-0.05, 0) is 30.5 Å². The lowest BCUT2D eigenvalue weighted by atomic mass is 10.1. The number of nitrogens with zero attached hydrogens (tertiary/aromatic N) is 1. The van der Waals surface area contributed by atoms with Crippen LogP contribution in [0.4, 0.5) is 0 Å². The van der Waals surface area contributed by atoms with Crippen molar-refractivity contribution < 1.29 is 9.53 Å². The van der Waals surface area contributed by atoms with Crippen LogP contribution in [-0.4, -0.2) is 35.1 Å². The van der Waals surface area contributed by atoms with E-state index in [1.54, 1.807) is 18.3 Å². The first kappa shape index (κ1) is 14.5. The van der Waals surface area contributed by atoms with Gasteiger partial charge in [0.2, 0.25) is 0 Å². The lowest BCUT2D eigenvalue weighted by Gasteiger charge is -2.11. The predicted octanol–water partition coefficient (Wildman–Crippen LogP) is 1.35. The van der Waals surface area contributed by atoms with E-state index in [1.165, 1.54) is 6.20 Å². The molecule has 2 heterocycles. The highest BCUT2D eigenvalue weighted by atomic mass is 16.5. The predicted molar refractivity (Wildman–Crippen MR) is 81.6 cm³/mol. The van der Waals surface area contributed by atoms with Crippen molar-refractivity contribution in [2.24, 2.45) is 0 Å². The molecule has 6 heteroatoms. The first-order valence-electron chi connectivity index (χ1n) is 7.27. The molecule has 1 fully saturated rings. The van der Waals surface area contributed by atoms with E-state index in [1.807, 2.05) is 12.1 Å². The van der Waals surface area contributed by atoms with Crippen molar-refractivity contribution in [1.29, 1.82) is 0 Å². The number of hydrogen-bond acceptors (Lipinski definition) is 4. The molecule has 0 saturated carbocycles. The van der Waals surface area contributed by atoms with Crippen LogP contribution in [0.5, 0.6) is 0 Å². The van der Waals surface area contributed by atoms with Crippen LogP contribution in [-0.2, 0) is 4.74 Å². The van der Waals surface area contributed by atoms with E-state index in [-0.39, 0.29) is 17.7 Å². The number of nitrogens with one attached hydrogen (secondary N) is 2. The Morgan fingerprint density at radius 3 is 2.77 bits per heavy atom. The van der Waals surface area contributed by atoms with E-state index < -0.39 is 0 Å². The number of amides is 1. The molecule has 0 radical (unpaired) electrons. The van der Waals surface area contributed by atoms with Gasteiger partial charge >= 0.3 is 5.69 Å². The van der Waals surface area contributed by atoms with Crippen LogP contribution in [0.3, 0.4) is 0 Å². The molecule has 1 aliphatic rings. The number of ether oxygens (including phenoxy) is 1. The van der Waals surface area contributed by atoms with Crippen molar-refractivity contribution in [3.8, 4) is 11.1 Å². The maximum Gasteiger partial charge on any atom is 0.344 e. The lowest BCUT2D eigenvalue weighted by molar-refractivity contribution is 0.0858. The Morgan fingerprint density at radius 1 is 1.32 bits per heavy atom. The quantitative estimate of drug-likeness (QED) is 0.892. The Labute approximate surface area is 127 Å². The Balaban J connectivity index is 1.64. The van der Waals surface area contributed by atoms with Gasteiger partial charge in [0.25, 0.3) is 5.91 Å². The van der Waals surface area contributed by atoms with E-state index in [0.29, 0.717) is 12.1 Å². The molecular weight excluding hydrogens is 282 g/mol. The molecule has 1 aromatic heterocycles. The van der Waals surface area contributed by atoms with Crippen molar-refractivity contribution in [2.75, 3.05) is 13.2 Å². The van der Waals surface area contributed by atoms with Gasteiger partial charge in [-0.3, -0.25) is 4.79 Å². The molecule has 114 valence electrons. The van der Waals surface area contributed by atoms with Gasteiger partial charge in [-0.1, -0.05) is 12.1 Å². The summed E-state index contributed by atoms with van der Waals surface area (Å²) >= 11 is 0. The molecule has 2 N–H and O–H groups in total. The topological polar surface area (TPSA) is 84.1 Å². The van der Waals surface area contributed by atoms with Crippen LogP contribution in [0, 0.1) is 0 Å². The molecule has 0 spiro atoms. The smallest absolute Gasteiger partial charge is 0.344 e. The maximum absolute atomic E-state index is 12.1. The minimum Gasteiger partial charge on any atom is -0.376 e. The highest BCUT2D eigenvalue weighted by Crippen LogP contribution is 2.17. The van der Waals surface area contributed by atoms with Crippen LogP contribution in [0.2, 0.25) is 0 Å². The first-order chi connectivity index (χ1) is 10.7. The average Bonchev–Trinajstić information content (AvgIpc) is 3.07. The maximum atomic E-state index is 12.1. The van der Waals surface area contributed by atoms with E-state index in [0.717, 1.165) is 30.6 Å². The summed E-state index contributed by atoms with van der Waals surface area (Å²) in [6.45, 7) is 1.33. The van der Waals surface area contributed by atoms with Gasteiger partial charge in [-0.15, -0.1) is 0 Å². The zero-order valence-electron chi connectivity index (χ0n) is 12.0. The van der Waals surface area contributed by atoms with E-state index in [2.05, 4.69) is 15.3 Å². The van der Waals surface area contributed by atoms with Crippen LogP contribution in [0.1, 0.15) is 23.2 Å². The summed E-state index contributed by atoms with van der Waals surface area (Å²) in [5.41, 5.74) is 1.90. The monoisotopic (exact) mass is 299 g/mol. The molecule has 1 aliphatic heterocycles. The Bertz CT molecular complexity index is 683. The second kappa shape index (κ2) is 6.53. The van der Waals surface area contributed by atoms with Gasteiger partial charge in [0, 0.05) is 36.7 Å². The molecule has 22 heavy (non-hydrogen) atoms. The Morgan fingerprint density at radius 2 is 2.14 bits per heavy atom. The summed E-state index contributed by atoms with van der Waals surface area (Å²) < 4.78 is 5.48. The van der Waals surface area contributed by atoms with Gasteiger partial charge in [0.1, 0.15) is 0 Å². The third kappa shape index (κ3) is 3.40. The molecule has 0 unspecified atom stereocenters. The zero-order valence-corrected chi connectivity index (χ0v) is 12.0. The highest BCUT2D eigenvalue weighted by Gasteiger charge is 2.16. The number of aromatic nitrogens is 2. The van der Waals surface area contributed by atoms with Gasteiger partial charge in [-0.2, -0.15) is 0 Å². The molecule has 6 nitrogen and oxygen atoms in total. The molecule has 2 aromatic rings. The highest BCUT2D eigenvalue weighted by molar-refractivity contribution is 5.94. The molecule has 3 rings (SSSR count). The standard InChI is InChI=1S/C16H17N3O3/c20-15(17-10-14-2-1-7-22-14)12-5-3-11(4-6-12)13-8-18-16(21)19-9-13/h3-6,8-9,14H,1-2,7,10H2,(H,17,20)(H,18,19,21)/t14-/m0/s1. The second-order valence-corrected chi connectivity index (χ2v) is 5.23. The number of aromatic amines is 1. The van der Waals surface area contributed by atoms with Crippen LogP contribution >= 0.6 is 0 Å². The molecule has 1 saturated heterocycles. The largest absolute Gasteiger partial charge is 0.376 e. The average molecular weight is 299 g/mol. The van der Waals surface area contributed by atoms with Crippen LogP contribution in [0.15, 0.2) is 41.5 Å². The zero-order chi connectivity index (χ0) is 15.4. The minimum absolute atomic E-state index is 0.110. The fourth-order valence-electron chi connectivity index (χ4n) is 2.43. The van der Waals surface area contributed by atoms with Crippen molar-refractivity contribution in [2.45, 2.75) is 18.9 Å². The SMILES string of the molecule is O=C(NC[C@@H]1CCCO1)c1ccc(-c2cnc(=O)[nH]c2)cc1. The lowest BCUT2D eigenvalue weighted by Crippen LogP contribution is -2.31. The number of rotatable bonds is 4.